The Hall–Kier alpha value is -2.75. The topological polar surface area (TPSA) is 53.8 Å². The zero-order valence-corrected chi connectivity index (χ0v) is 12.6. The molecular weight excluding hydrogens is 274 g/mol. The van der Waals surface area contributed by atoms with E-state index >= 15 is 0 Å². The van der Waals surface area contributed by atoms with E-state index in [1.807, 2.05) is 55.5 Å². The van der Waals surface area contributed by atoms with Gasteiger partial charge in [-0.1, -0.05) is 54.1 Å². The molecule has 0 aromatic heterocycles. The van der Waals surface area contributed by atoms with Gasteiger partial charge in [0.15, 0.2) is 0 Å². The number of carbonyl (C=O) groups is 1. The molecule has 0 radical (unpaired) electrons. The van der Waals surface area contributed by atoms with Gasteiger partial charge in [-0.3, -0.25) is 4.79 Å². The summed E-state index contributed by atoms with van der Waals surface area (Å²) in [4.78, 5) is 10.4. The Morgan fingerprint density at radius 1 is 1.18 bits per heavy atom. The third-order valence-corrected chi connectivity index (χ3v) is 3.39. The van der Waals surface area contributed by atoms with Crippen LogP contribution in [0.3, 0.4) is 0 Å². The minimum atomic E-state index is 0.587. The molecule has 0 spiro atoms. The summed E-state index contributed by atoms with van der Waals surface area (Å²) in [6, 6.07) is 16.1. The maximum absolute atomic E-state index is 10.4. The van der Waals surface area contributed by atoms with Crippen LogP contribution < -0.4 is 5.32 Å². The van der Waals surface area contributed by atoms with E-state index in [0.717, 1.165) is 28.8 Å². The van der Waals surface area contributed by atoms with Crippen LogP contribution in [0.15, 0.2) is 58.7 Å². The highest BCUT2D eigenvalue weighted by Gasteiger charge is 2.11. The molecule has 0 saturated carbocycles. The highest BCUT2D eigenvalue weighted by molar-refractivity contribution is 6.13. The van der Waals surface area contributed by atoms with Crippen molar-refractivity contribution in [3.8, 4) is 0 Å². The molecule has 2 aromatic carbocycles. The van der Waals surface area contributed by atoms with Gasteiger partial charge in [-0.2, -0.15) is 10.2 Å². The lowest BCUT2D eigenvalue weighted by molar-refractivity contribution is -0.109. The zero-order valence-electron chi connectivity index (χ0n) is 12.6. The molecule has 4 nitrogen and oxygen atoms in total. The van der Waals surface area contributed by atoms with Crippen LogP contribution >= 0.6 is 0 Å². The van der Waals surface area contributed by atoms with Crippen molar-refractivity contribution in [3.63, 3.8) is 0 Å². The molecule has 0 saturated heterocycles. The lowest BCUT2D eigenvalue weighted by Crippen LogP contribution is -2.16. The molecule has 2 rings (SSSR count). The molecule has 112 valence electrons. The fourth-order valence-corrected chi connectivity index (χ4v) is 2.28. The molecule has 0 bridgehead atoms. The molecule has 1 amide bonds. The van der Waals surface area contributed by atoms with Crippen molar-refractivity contribution >= 4 is 18.8 Å². The molecule has 0 aliphatic rings. The van der Waals surface area contributed by atoms with Crippen molar-refractivity contribution in [2.75, 3.05) is 6.54 Å². The van der Waals surface area contributed by atoms with Crippen LogP contribution in [0.1, 0.15) is 22.3 Å². The second-order valence-corrected chi connectivity index (χ2v) is 4.94. The molecule has 4 heteroatoms. The van der Waals surface area contributed by atoms with Gasteiger partial charge in [0.1, 0.15) is 5.71 Å². The number of nitrogens with zero attached hydrogens (tertiary/aromatic N) is 2. The Kier molecular flexibility index (Phi) is 5.60. The predicted molar refractivity (Wildman–Crippen MR) is 90.6 cm³/mol. The quantitative estimate of drug-likeness (QED) is 0.363. The van der Waals surface area contributed by atoms with E-state index in [2.05, 4.69) is 22.2 Å². The average Bonchev–Trinajstić information content (AvgIpc) is 2.55. The van der Waals surface area contributed by atoms with E-state index < -0.39 is 0 Å². The molecule has 0 fully saturated rings. The Morgan fingerprint density at radius 2 is 1.91 bits per heavy atom. The fourth-order valence-electron chi connectivity index (χ4n) is 2.28. The highest BCUT2D eigenvalue weighted by atomic mass is 16.1. The lowest BCUT2D eigenvalue weighted by atomic mass is 9.95. The summed E-state index contributed by atoms with van der Waals surface area (Å²) in [5, 5.41) is 10.6. The number of rotatable bonds is 7. The van der Waals surface area contributed by atoms with Gasteiger partial charge in [0.25, 0.3) is 0 Å². The summed E-state index contributed by atoms with van der Waals surface area (Å²) < 4.78 is 0. The maximum Gasteiger partial charge on any atom is 0.207 e. The summed E-state index contributed by atoms with van der Waals surface area (Å²) in [6.07, 6.45) is 1.44. The van der Waals surface area contributed by atoms with E-state index in [-0.39, 0.29) is 0 Å². The summed E-state index contributed by atoms with van der Waals surface area (Å²) in [5.74, 6) is 0. The first-order valence-corrected chi connectivity index (χ1v) is 7.12. The lowest BCUT2D eigenvalue weighted by Gasteiger charge is -2.12. The minimum absolute atomic E-state index is 0.587. The number of hydrogen-bond donors (Lipinski definition) is 1. The molecule has 22 heavy (non-hydrogen) atoms. The van der Waals surface area contributed by atoms with Gasteiger partial charge < -0.3 is 5.32 Å². The summed E-state index contributed by atoms with van der Waals surface area (Å²) >= 11 is 0. The smallest absolute Gasteiger partial charge is 0.207 e. The monoisotopic (exact) mass is 293 g/mol. The summed E-state index contributed by atoms with van der Waals surface area (Å²) in [6.45, 7) is 6.11. The third kappa shape index (κ3) is 3.88. The number of carbonyl (C=O) groups excluding carboxylic acids is 1. The minimum Gasteiger partial charge on any atom is -0.358 e. The van der Waals surface area contributed by atoms with Crippen molar-refractivity contribution in [2.45, 2.75) is 13.3 Å². The number of benzene rings is 2. The molecule has 0 aliphatic carbocycles. The SMILES string of the molecule is C=N/N=C(/c1ccc(C)cc1)c1ccccc1CCNC=O. The van der Waals surface area contributed by atoms with Crippen molar-refractivity contribution in [3.05, 3.63) is 70.8 Å². The van der Waals surface area contributed by atoms with Gasteiger partial charge in [-0.15, -0.1) is 0 Å². The molecular formula is C18H19N3O. The number of amides is 1. The van der Waals surface area contributed by atoms with Gasteiger partial charge in [0.2, 0.25) is 6.41 Å². The predicted octanol–water partition coefficient (Wildman–Crippen LogP) is 2.74. The van der Waals surface area contributed by atoms with E-state index in [1.165, 1.54) is 5.56 Å². The number of aryl methyl sites for hydroxylation is 1. The van der Waals surface area contributed by atoms with Crippen LogP contribution in [0.2, 0.25) is 0 Å². The normalized spacial score (nSPS) is 11.0. The molecule has 1 N–H and O–H groups in total. The second-order valence-electron chi connectivity index (χ2n) is 4.94. The molecule has 0 aliphatic heterocycles. The van der Waals surface area contributed by atoms with Crippen LogP contribution in [0.4, 0.5) is 0 Å². The Labute approximate surface area is 130 Å². The van der Waals surface area contributed by atoms with E-state index in [9.17, 15) is 4.79 Å². The third-order valence-electron chi connectivity index (χ3n) is 3.39. The first-order chi connectivity index (χ1) is 10.8. The van der Waals surface area contributed by atoms with Gasteiger partial charge in [-0.05, 0) is 18.9 Å². The maximum atomic E-state index is 10.4. The van der Waals surface area contributed by atoms with Crippen LogP contribution in [0.5, 0.6) is 0 Å². The summed E-state index contributed by atoms with van der Waals surface area (Å²) in [7, 11) is 0. The van der Waals surface area contributed by atoms with Crippen molar-refractivity contribution in [2.24, 2.45) is 10.2 Å². The zero-order chi connectivity index (χ0) is 15.8. The molecule has 0 heterocycles. The standard InChI is InChI=1S/C18H19N3O/c1-14-7-9-16(10-8-14)18(21-19-2)17-6-4-3-5-15(17)11-12-20-13-22/h3-10,13H,2,11-12H2,1H3,(H,20,22)/b21-18-. The first kappa shape index (κ1) is 15.6. The Morgan fingerprint density at radius 3 is 2.59 bits per heavy atom. The average molecular weight is 293 g/mol. The van der Waals surface area contributed by atoms with E-state index in [1.54, 1.807) is 0 Å². The van der Waals surface area contributed by atoms with E-state index in [4.69, 9.17) is 0 Å². The first-order valence-electron chi connectivity index (χ1n) is 7.12. The largest absolute Gasteiger partial charge is 0.358 e. The van der Waals surface area contributed by atoms with Crippen LogP contribution in [0, 0.1) is 6.92 Å². The van der Waals surface area contributed by atoms with E-state index in [0.29, 0.717) is 13.0 Å². The van der Waals surface area contributed by atoms with Gasteiger partial charge in [0.05, 0.1) is 0 Å². The van der Waals surface area contributed by atoms with Gasteiger partial charge >= 0.3 is 0 Å². The van der Waals surface area contributed by atoms with Crippen LogP contribution in [0.25, 0.3) is 0 Å². The van der Waals surface area contributed by atoms with Gasteiger partial charge in [0, 0.05) is 24.4 Å². The van der Waals surface area contributed by atoms with Crippen molar-refractivity contribution in [1.29, 1.82) is 0 Å². The Bertz CT molecular complexity index is 675. The fraction of sp³-hybridized carbons (Fsp3) is 0.167. The second kappa shape index (κ2) is 7.88. The van der Waals surface area contributed by atoms with Gasteiger partial charge in [-0.25, -0.2) is 0 Å². The van der Waals surface area contributed by atoms with Crippen LogP contribution in [-0.4, -0.2) is 25.4 Å². The molecule has 0 unspecified atom stereocenters. The number of nitrogens with one attached hydrogen (secondary N) is 1. The summed E-state index contributed by atoms with van der Waals surface area (Å²) in [5.41, 5.74) is 5.09. The molecule has 2 aromatic rings. The van der Waals surface area contributed by atoms with Crippen LogP contribution in [-0.2, 0) is 11.2 Å². The Balaban J connectivity index is 2.41. The molecule has 0 atom stereocenters. The van der Waals surface area contributed by atoms with Crippen molar-refractivity contribution < 1.29 is 4.79 Å². The van der Waals surface area contributed by atoms with Crippen molar-refractivity contribution in [1.82, 2.24) is 5.32 Å². The number of hydrogen-bond acceptors (Lipinski definition) is 3. The highest BCUT2D eigenvalue weighted by Crippen LogP contribution is 2.17.